The van der Waals surface area contributed by atoms with Crippen molar-refractivity contribution in [2.24, 2.45) is 0 Å². The summed E-state index contributed by atoms with van der Waals surface area (Å²) in [6, 6.07) is 3.86. The molecular formula is C17H24O3. The molecule has 0 heterocycles. The number of phenols is 1. The predicted molar refractivity (Wildman–Crippen MR) is 81.9 cm³/mol. The molecule has 0 saturated carbocycles. The number of carbonyl (C=O) groups excluding carboxylic acids is 1. The maximum absolute atomic E-state index is 11.3. The van der Waals surface area contributed by atoms with Crippen molar-refractivity contribution in [3.05, 3.63) is 35.4 Å². The fraction of sp³-hybridized carbons (Fsp3) is 0.471. The van der Waals surface area contributed by atoms with Crippen LogP contribution in [0.4, 0.5) is 0 Å². The summed E-state index contributed by atoms with van der Waals surface area (Å²) in [5.74, 6) is 0.0547. The van der Waals surface area contributed by atoms with Crippen LogP contribution in [0.25, 0.3) is 5.57 Å². The minimum atomic E-state index is -0.229. The Bertz CT molecular complexity index is 522. The third kappa shape index (κ3) is 3.86. The maximum atomic E-state index is 11.3. The van der Waals surface area contributed by atoms with Crippen molar-refractivity contribution in [3.8, 4) is 5.75 Å². The van der Waals surface area contributed by atoms with Crippen LogP contribution in [-0.2, 0) is 21.4 Å². The molecule has 0 radical (unpaired) electrons. The zero-order valence-corrected chi connectivity index (χ0v) is 13.0. The average Bonchev–Trinajstić information content (AvgIpc) is 2.35. The molecule has 3 heteroatoms. The summed E-state index contributed by atoms with van der Waals surface area (Å²) >= 11 is 0. The van der Waals surface area contributed by atoms with E-state index in [-0.39, 0.29) is 17.1 Å². The number of methoxy groups -OCH3 is 1. The summed E-state index contributed by atoms with van der Waals surface area (Å²) in [6.45, 7) is 11.9. The number of phenolic OH excluding ortho intramolecular Hbond substituents is 1. The fourth-order valence-corrected chi connectivity index (χ4v) is 2.08. The van der Waals surface area contributed by atoms with Crippen LogP contribution in [0.1, 0.15) is 50.8 Å². The van der Waals surface area contributed by atoms with Crippen molar-refractivity contribution in [3.63, 3.8) is 0 Å². The van der Waals surface area contributed by atoms with Gasteiger partial charge in [-0.15, -0.1) is 0 Å². The molecule has 1 N–H and O–H groups in total. The van der Waals surface area contributed by atoms with Gasteiger partial charge in [0.1, 0.15) is 5.75 Å². The summed E-state index contributed by atoms with van der Waals surface area (Å²) < 4.78 is 4.66. The Kier molecular flexibility index (Phi) is 4.98. The van der Waals surface area contributed by atoms with E-state index in [9.17, 15) is 9.90 Å². The Morgan fingerprint density at radius 3 is 2.40 bits per heavy atom. The fourth-order valence-electron chi connectivity index (χ4n) is 2.08. The third-order valence-electron chi connectivity index (χ3n) is 3.28. The molecule has 0 atom stereocenters. The Balaban J connectivity index is 3.23. The largest absolute Gasteiger partial charge is 0.507 e. The Hall–Kier alpha value is -1.77. The summed E-state index contributed by atoms with van der Waals surface area (Å²) in [5, 5.41) is 10.4. The van der Waals surface area contributed by atoms with Crippen LogP contribution < -0.4 is 0 Å². The van der Waals surface area contributed by atoms with Crippen LogP contribution in [0.2, 0.25) is 0 Å². The standard InChI is InChI=1S/C17H24O3/c1-11(2)13-9-12(7-8-15(18)20-6)10-14(16(13)19)17(3,4)5/h9-10,19H,1,7-8H2,2-6H3. The van der Waals surface area contributed by atoms with Crippen molar-refractivity contribution in [2.45, 2.75) is 46.0 Å². The molecule has 110 valence electrons. The van der Waals surface area contributed by atoms with Gasteiger partial charge in [-0.05, 0) is 36.0 Å². The molecule has 0 unspecified atom stereocenters. The first-order valence-corrected chi connectivity index (χ1v) is 6.76. The zero-order chi connectivity index (χ0) is 15.5. The lowest BCUT2D eigenvalue weighted by atomic mass is 9.82. The lowest BCUT2D eigenvalue weighted by Crippen LogP contribution is -2.13. The molecule has 0 aliphatic carbocycles. The van der Waals surface area contributed by atoms with Gasteiger partial charge in [-0.1, -0.05) is 33.4 Å². The molecule has 1 rings (SSSR count). The molecule has 0 bridgehead atoms. The topological polar surface area (TPSA) is 46.5 Å². The number of allylic oxidation sites excluding steroid dienone is 1. The van der Waals surface area contributed by atoms with Crippen LogP contribution in [0.15, 0.2) is 18.7 Å². The van der Waals surface area contributed by atoms with Crippen molar-refractivity contribution >= 4 is 11.5 Å². The van der Waals surface area contributed by atoms with Crippen LogP contribution in [0.5, 0.6) is 5.75 Å². The number of hydrogen-bond acceptors (Lipinski definition) is 3. The molecule has 0 aliphatic rings. The smallest absolute Gasteiger partial charge is 0.305 e. The minimum absolute atomic E-state index is 0.171. The molecule has 0 aliphatic heterocycles. The molecular weight excluding hydrogens is 252 g/mol. The second kappa shape index (κ2) is 6.12. The zero-order valence-electron chi connectivity index (χ0n) is 13.0. The van der Waals surface area contributed by atoms with E-state index >= 15 is 0 Å². The van der Waals surface area contributed by atoms with E-state index in [2.05, 4.69) is 11.3 Å². The van der Waals surface area contributed by atoms with E-state index in [0.29, 0.717) is 12.8 Å². The molecule has 0 saturated heterocycles. The Labute approximate surface area is 121 Å². The minimum Gasteiger partial charge on any atom is -0.507 e. The van der Waals surface area contributed by atoms with E-state index < -0.39 is 0 Å². The first kappa shape index (κ1) is 16.3. The van der Waals surface area contributed by atoms with E-state index in [4.69, 9.17) is 0 Å². The normalized spacial score (nSPS) is 11.2. The highest BCUT2D eigenvalue weighted by Gasteiger charge is 2.21. The number of aromatic hydroxyl groups is 1. The van der Waals surface area contributed by atoms with Gasteiger partial charge >= 0.3 is 5.97 Å². The Morgan fingerprint density at radius 2 is 1.95 bits per heavy atom. The van der Waals surface area contributed by atoms with Crippen molar-refractivity contribution < 1.29 is 14.6 Å². The summed E-state index contributed by atoms with van der Waals surface area (Å²) in [5.41, 5.74) is 3.27. The molecule has 0 aromatic heterocycles. The van der Waals surface area contributed by atoms with E-state index in [0.717, 1.165) is 22.3 Å². The van der Waals surface area contributed by atoms with Gasteiger partial charge in [0.05, 0.1) is 7.11 Å². The number of aryl methyl sites for hydroxylation is 1. The van der Waals surface area contributed by atoms with Crippen LogP contribution >= 0.6 is 0 Å². The van der Waals surface area contributed by atoms with Crippen molar-refractivity contribution in [2.75, 3.05) is 7.11 Å². The maximum Gasteiger partial charge on any atom is 0.305 e. The van der Waals surface area contributed by atoms with Gasteiger partial charge in [-0.25, -0.2) is 0 Å². The monoisotopic (exact) mass is 276 g/mol. The number of rotatable bonds is 4. The third-order valence-corrected chi connectivity index (χ3v) is 3.28. The van der Waals surface area contributed by atoms with Gasteiger partial charge in [0.2, 0.25) is 0 Å². The molecule has 1 aromatic rings. The van der Waals surface area contributed by atoms with Crippen molar-refractivity contribution in [1.29, 1.82) is 0 Å². The van der Waals surface area contributed by atoms with Crippen LogP contribution in [0, 0.1) is 0 Å². The second-order valence-corrected chi connectivity index (χ2v) is 6.15. The predicted octanol–water partition coefficient (Wildman–Crippen LogP) is 3.83. The van der Waals surface area contributed by atoms with Crippen molar-refractivity contribution in [1.82, 2.24) is 0 Å². The van der Waals surface area contributed by atoms with Gasteiger partial charge in [0, 0.05) is 17.5 Å². The molecule has 3 nitrogen and oxygen atoms in total. The molecule has 1 aromatic carbocycles. The van der Waals surface area contributed by atoms with Crippen LogP contribution in [0.3, 0.4) is 0 Å². The number of ether oxygens (including phenoxy) is 1. The van der Waals surface area contributed by atoms with E-state index in [1.165, 1.54) is 7.11 Å². The first-order valence-electron chi connectivity index (χ1n) is 6.76. The molecule has 0 spiro atoms. The van der Waals surface area contributed by atoms with Gasteiger partial charge in [0.15, 0.2) is 0 Å². The number of carbonyl (C=O) groups is 1. The highest BCUT2D eigenvalue weighted by molar-refractivity contribution is 5.71. The Morgan fingerprint density at radius 1 is 1.35 bits per heavy atom. The molecule has 20 heavy (non-hydrogen) atoms. The second-order valence-electron chi connectivity index (χ2n) is 6.15. The number of benzene rings is 1. The lowest BCUT2D eigenvalue weighted by Gasteiger charge is -2.23. The number of esters is 1. The average molecular weight is 276 g/mol. The number of hydrogen-bond donors (Lipinski definition) is 1. The first-order chi connectivity index (χ1) is 9.16. The summed E-state index contributed by atoms with van der Waals surface area (Å²) in [7, 11) is 1.39. The van der Waals surface area contributed by atoms with Gasteiger partial charge in [-0.2, -0.15) is 0 Å². The molecule has 0 fully saturated rings. The SMILES string of the molecule is C=C(C)c1cc(CCC(=O)OC)cc(C(C)(C)C)c1O. The van der Waals surface area contributed by atoms with Crippen LogP contribution in [-0.4, -0.2) is 18.2 Å². The molecule has 0 amide bonds. The highest BCUT2D eigenvalue weighted by atomic mass is 16.5. The highest BCUT2D eigenvalue weighted by Crippen LogP contribution is 2.37. The summed E-state index contributed by atoms with van der Waals surface area (Å²) in [4.78, 5) is 11.3. The van der Waals surface area contributed by atoms with E-state index in [1.54, 1.807) is 0 Å². The van der Waals surface area contributed by atoms with E-state index in [1.807, 2.05) is 39.8 Å². The quantitative estimate of drug-likeness (QED) is 0.850. The van der Waals surface area contributed by atoms with Gasteiger partial charge < -0.3 is 9.84 Å². The van der Waals surface area contributed by atoms with Gasteiger partial charge in [0.25, 0.3) is 0 Å². The summed E-state index contributed by atoms with van der Waals surface area (Å²) in [6.07, 6.45) is 0.927. The van der Waals surface area contributed by atoms with Gasteiger partial charge in [-0.3, -0.25) is 4.79 Å². The lowest BCUT2D eigenvalue weighted by molar-refractivity contribution is -0.140.